The Balaban J connectivity index is 1.54. The van der Waals surface area contributed by atoms with E-state index < -0.39 is 17.8 Å². The van der Waals surface area contributed by atoms with Crippen LogP contribution < -0.4 is 10.1 Å². The lowest BCUT2D eigenvalue weighted by Crippen LogP contribution is -2.56. The average Bonchev–Trinajstić information content (AvgIpc) is 2.98. The Morgan fingerprint density at radius 1 is 1.41 bits per heavy atom. The van der Waals surface area contributed by atoms with Gasteiger partial charge in [-0.25, -0.2) is 4.79 Å². The quantitative estimate of drug-likeness (QED) is 0.850. The summed E-state index contributed by atoms with van der Waals surface area (Å²) in [5.41, 5.74) is -1.31. The Labute approximate surface area is 152 Å². The van der Waals surface area contributed by atoms with Crippen molar-refractivity contribution in [3.63, 3.8) is 0 Å². The van der Waals surface area contributed by atoms with Crippen molar-refractivity contribution in [1.29, 1.82) is 0 Å². The van der Waals surface area contributed by atoms with Gasteiger partial charge in [-0.15, -0.1) is 0 Å². The molecule has 0 bridgehead atoms. The third-order valence-electron chi connectivity index (χ3n) is 3.92. The number of likely N-dealkylation sites (tertiary alicyclic amines) is 1. The molecular weight excluding hydrogens is 369 g/mol. The highest BCUT2D eigenvalue weighted by Gasteiger charge is 2.36. The smallest absolute Gasteiger partial charge is 0.418 e. The SMILES string of the molecule is COc1ccc(NC(=O)N2CC(OCc3nc(C)no3)C2)c(C(F)(F)F)c1. The zero-order valence-electron chi connectivity index (χ0n) is 14.5. The highest BCUT2D eigenvalue weighted by molar-refractivity contribution is 5.91. The van der Waals surface area contributed by atoms with E-state index in [1.165, 1.54) is 18.1 Å². The second-order valence-electron chi connectivity index (χ2n) is 5.91. The summed E-state index contributed by atoms with van der Waals surface area (Å²) in [4.78, 5) is 17.5. The summed E-state index contributed by atoms with van der Waals surface area (Å²) in [5.74, 6) is 0.862. The first-order chi connectivity index (χ1) is 12.8. The summed E-state index contributed by atoms with van der Waals surface area (Å²) in [6.45, 7) is 2.28. The molecule has 2 aromatic rings. The van der Waals surface area contributed by atoms with E-state index in [2.05, 4.69) is 15.5 Å². The van der Waals surface area contributed by atoms with E-state index >= 15 is 0 Å². The number of benzene rings is 1. The molecule has 146 valence electrons. The fourth-order valence-corrected chi connectivity index (χ4v) is 2.49. The normalized spacial score (nSPS) is 14.8. The Morgan fingerprint density at radius 3 is 2.74 bits per heavy atom. The molecule has 1 aromatic carbocycles. The molecule has 0 aliphatic carbocycles. The maximum absolute atomic E-state index is 13.2. The molecule has 27 heavy (non-hydrogen) atoms. The van der Waals surface area contributed by atoms with Gasteiger partial charge >= 0.3 is 12.2 Å². The van der Waals surface area contributed by atoms with E-state index in [4.69, 9.17) is 14.0 Å². The summed E-state index contributed by atoms with van der Waals surface area (Å²) in [5, 5.41) is 5.91. The van der Waals surface area contributed by atoms with Crippen molar-refractivity contribution in [3.05, 3.63) is 35.5 Å². The van der Waals surface area contributed by atoms with Crippen LogP contribution in [0.15, 0.2) is 22.7 Å². The topological polar surface area (TPSA) is 89.7 Å². The lowest BCUT2D eigenvalue weighted by molar-refractivity contribution is -0.137. The minimum Gasteiger partial charge on any atom is -0.497 e. The molecule has 1 saturated heterocycles. The molecule has 1 N–H and O–H groups in total. The van der Waals surface area contributed by atoms with Gasteiger partial charge in [-0.3, -0.25) is 0 Å². The number of aromatic nitrogens is 2. The predicted octanol–water partition coefficient (Wildman–Crippen LogP) is 2.84. The number of hydrogen-bond donors (Lipinski definition) is 1. The van der Waals surface area contributed by atoms with Crippen LogP contribution in [-0.2, 0) is 17.5 Å². The first-order valence-electron chi connectivity index (χ1n) is 7.98. The minimum absolute atomic E-state index is 0.0500. The fourth-order valence-electron chi connectivity index (χ4n) is 2.49. The monoisotopic (exact) mass is 386 g/mol. The zero-order valence-corrected chi connectivity index (χ0v) is 14.5. The summed E-state index contributed by atoms with van der Waals surface area (Å²) >= 11 is 0. The van der Waals surface area contributed by atoms with E-state index in [9.17, 15) is 18.0 Å². The van der Waals surface area contributed by atoms with Crippen LogP contribution in [0, 0.1) is 6.92 Å². The van der Waals surface area contributed by atoms with Gasteiger partial charge in [0.15, 0.2) is 5.82 Å². The Hall–Kier alpha value is -2.82. The maximum Gasteiger partial charge on any atom is 0.418 e. The van der Waals surface area contributed by atoms with Gasteiger partial charge in [-0.2, -0.15) is 18.2 Å². The maximum atomic E-state index is 13.2. The molecular formula is C16H17F3N4O4. The molecule has 1 aliphatic heterocycles. The van der Waals surface area contributed by atoms with Crippen LogP contribution >= 0.6 is 0 Å². The third-order valence-corrected chi connectivity index (χ3v) is 3.92. The van der Waals surface area contributed by atoms with Crippen molar-refractivity contribution in [1.82, 2.24) is 15.0 Å². The number of nitrogens with zero attached hydrogens (tertiary/aromatic N) is 3. The first-order valence-corrected chi connectivity index (χ1v) is 7.98. The van der Waals surface area contributed by atoms with Crippen LogP contribution in [0.3, 0.4) is 0 Å². The van der Waals surface area contributed by atoms with Gasteiger partial charge in [0.1, 0.15) is 12.4 Å². The fraction of sp³-hybridized carbons (Fsp3) is 0.438. The number of rotatable bonds is 5. The third kappa shape index (κ3) is 4.48. The van der Waals surface area contributed by atoms with Crippen molar-refractivity contribution >= 4 is 11.7 Å². The van der Waals surface area contributed by atoms with Gasteiger partial charge in [0.25, 0.3) is 5.89 Å². The predicted molar refractivity (Wildman–Crippen MR) is 86.2 cm³/mol. The van der Waals surface area contributed by atoms with Crippen LogP contribution in [0.5, 0.6) is 5.75 Å². The number of halogens is 3. The lowest BCUT2D eigenvalue weighted by Gasteiger charge is -2.38. The van der Waals surface area contributed by atoms with Crippen LogP contribution in [0.4, 0.5) is 23.7 Å². The molecule has 1 aromatic heterocycles. The van der Waals surface area contributed by atoms with Crippen molar-refractivity contribution < 1.29 is 32.0 Å². The molecule has 2 heterocycles. The molecule has 1 aliphatic rings. The van der Waals surface area contributed by atoms with Gasteiger partial charge in [0, 0.05) is 0 Å². The van der Waals surface area contributed by atoms with Crippen LogP contribution in [-0.4, -0.2) is 47.4 Å². The summed E-state index contributed by atoms with van der Waals surface area (Å²) in [6, 6.07) is 2.70. The number of amides is 2. The van der Waals surface area contributed by atoms with Gasteiger partial charge in [-0.05, 0) is 25.1 Å². The Kier molecular flexibility index (Phi) is 5.22. The lowest BCUT2D eigenvalue weighted by atomic mass is 10.1. The summed E-state index contributed by atoms with van der Waals surface area (Å²) < 4.78 is 54.7. The van der Waals surface area contributed by atoms with Gasteiger partial charge in [-0.1, -0.05) is 5.16 Å². The second kappa shape index (κ2) is 7.43. The zero-order chi connectivity index (χ0) is 19.6. The minimum atomic E-state index is -4.63. The number of carbonyl (C=O) groups excluding carboxylic acids is 1. The van der Waals surface area contributed by atoms with Crippen molar-refractivity contribution in [2.75, 3.05) is 25.5 Å². The number of ether oxygens (including phenoxy) is 2. The molecule has 3 rings (SSSR count). The molecule has 0 atom stereocenters. The molecule has 2 amide bonds. The highest BCUT2D eigenvalue weighted by atomic mass is 19.4. The number of methoxy groups -OCH3 is 1. The molecule has 0 unspecified atom stereocenters. The van der Waals surface area contributed by atoms with Gasteiger partial charge < -0.3 is 24.2 Å². The molecule has 0 spiro atoms. The van der Waals surface area contributed by atoms with E-state index in [1.54, 1.807) is 6.92 Å². The molecule has 8 nitrogen and oxygen atoms in total. The standard InChI is InChI=1S/C16H17F3N4O4/c1-9-20-14(27-22-9)8-26-11-6-23(7-11)15(24)21-13-4-3-10(25-2)5-12(13)16(17,18)19/h3-5,11H,6-8H2,1-2H3,(H,21,24). The number of aryl methyl sites for hydroxylation is 1. The van der Waals surface area contributed by atoms with E-state index in [0.29, 0.717) is 11.7 Å². The molecule has 1 fully saturated rings. The number of anilines is 1. The van der Waals surface area contributed by atoms with E-state index in [-0.39, 0.29) is 37.2 Å². The van der Waals surface area contributed by atoms with E-state index in [1.807, 2.05) is 0 Å². The summed E-state index contributed by atoms with van der Waals surface area (Å²) in [6.07, 6.45) is -4.87. The largest absolute Gasteiger partial charge is 0.497 e. The van der Waals surface area contributed by atoms with Gasteiger partial charge in [0.05, 0.1) is 37.6 Å². The van der Waals surface area contributed by atoms with E-state index in [0.717, 1.165) is 12.1 Å². The Bertz CT molecular complexity index is 818. The number of urea groups is 1. The first kappa shape index (κ1) is 19.0. The number of nitrogens with one attached hydrogen (secondary N) is 1. The van der Waals surface area contributed by atoms with Crippen molar-refractivity contribution in [2.24, 2.45) is 0 Å². The number of carbonyl (C=O) groups is 1. The van der Waals surface area contributed by atoms with Gasteiger partial charge in [0.2, 0.25) is 0 Å². The van der Waals surface area contributed by atoms with Crippen molar-refractivity contribution in [2.45, 2.75) is 25.8 Å². The second-order valence-corrected chi connectivity index (χ2v) is 5.91. The van der Waals surface area contributed by atoms with Crippen LogP contribution in [0.25, 0.3) is 0 Å². The molecule has 0 radical (unpaired) electrons. The Morgan fingerprint density at radius 2 is 2.15 bits per heavy atom. The number of alkyl halides is 3. The van der Waals surface area contributed by atoms with Crippen molar-refractivity contribution in [3.8, 4) is 5.75 Å². The highest BCUT2D eigenvalue weighted by Crippen LogP contribution is 2.37. The number of hydrogen-bond acceptors (Lipinski definition) is 6. The van der Waals surface area contributed by atoms with Crippen LogP contribution in [0.2, 0.25) is 0 Å². The molecule has 0 saturated carbocycles. The summed E-state index contributed by atoms with van der Waals surface area (Å²) in [7, 11) is 1.27. The average molecular weight is 386 g/mol. The van der Waals surface area contributed by atoms with Crippen LogP contribution in [0.1, 0.15) is 17.3 Å². The molecule has 11 heteroatoms.